The van der Waals surface area contributed by atoms with Gasteiger partial charge in [0.1, 0.15) is 6.54 Å². The summed E-state index contributed by atoms with van der Waals surface area (Å²) in [5.74, 6) is -0.416. The van der Waals surface area contributed by atoms with Gasteiger partial charge in [0.05, 0.1) is 10.6 Å². The molecule has 1 saturated heterocycles. The SMILES string of the molecule is O=C(CN(c1cccc(Cl)c1)S(=O)(=O)c1ccc(Cl)cc1)NCc1ccccc1CN1CCCCC1. The maximum atomic E-state index is 13.5. The number of piperidine rings is 1. The molecule has 0 aromatic heterocycles. The Morgan fingerprint density at radius 3 is 2.25 bits per heavy atom. The molecule has 0 saturated carbocycles. The van der Waals surface area contributed by atoms with E-state index in [-0.39, 0.29) is 11.4 Å². The van der Waals surface area contributed by atoms with E-state index in [9.17, 15) is 13.2 Å². The van der Waals surface area contributed by atoms with E-state index in [1.807, 2.05) is 18.2 Å². The van der Waals surface area contributed by atoms with Gasteiger partial charge in [-0.05, 0) is 79.5 Å². The van der Waals surface area contributed by atoms with Crippen molar-refractivity contribution in [1.82, 2.24) is 10.2 Å². The van der Waals surface area contributed by atoms with Crippen LogP contribution in [0, 0.1) is 0 Å². The molecule has 1 aliphatic rings. The van der Waals surface area contributed by atoms with E-state index in [0.29, 0.717) is 22.3 Å². The zero-order chi connectivity index (χ0) is 25.5. The number of carbonyl (C=O) groups is 1. The lowest BCUT2D eigenvalue weighted by Crippen LogP contribution is -2.40. The van der Waals surface area contributed by atoms with Gasteiger partial charge in [-0.2, -0.15) is 0 Å². The molecule has 3 aromatic carbocycles. The fourth-order valence-corrected chi connectivity index (χ4v) is 6.03. The summed E-state index contributed by atoms with van der Waals surface area (Å²) in [6.07, 6.45) is 3.69. The minimum Gasteiger partial charge on any atom is -0.350 e. The molecule has 0 spiro atoms. The first-order valence-electron chi connectivity index (χ1n) is 11.9. The molecule has 1 fully saturated rings. The van der Waals surface area contributed by atoms with E-state index in [0.717, 1.165) is 29.5 Å². The molecule has 1 N–H and O–H groups in total. The van der Waals surface area contributed by atoms with Crippen LogP contribution in [0.15, 0.2) is 77.7 Å². The Labute approximate surface area is 222 Å². The van der Waals surface area contributed by atoms with E-state index in [1.165, 1.54) is 55.2 Å². The number of rotatable bonds is 9. The maximum absolute atomic E-state index is 13.5. The highest BCUT2D eigenvalue weighted by Crippen LogP contribution is 2.27. The Kier molecular flexibility index (Phi) is 8.90. The van der Waals surface area contributed by atoms with Crippen molar-refractivity contribution in [1.29, 1.82) is 0 Å². The van der Waals surface area contributed by atoms with Crippen molar-refractivity contribution in [2.75, 3.05) is 23.9 Å². The third-order valence-electron chi connectivity index (χ3n) is 6.22. The summed E-state index contributed by atoms with van der Waals surface area (Å²) < 4.78 is 28.1. The Bertz CT molecular complexity index is 1290. The number of carbonyl (C=O) groups excluding carboxylic acids is 1. The molecule has 9 heteroatoms. The van der Waals surface area contributed by atoms with Gasteiger partial charge < -0.3 is 5.32 Å². The minimum atomic E-state index is -4.04. The van der Waals surface area contributed by atoms with Gasteiger partial charge in [-0.25, -0.2) is 8.42 Å². The molecule has 0 atom stereocenters. The summed E-state index contributed by atoms with van der Waals surface area (Å²) in [6, 6.07) is 20.3. The van der Waals surface area contributed by atoms with Crippen LogP contribution >= 0.6 is 23.2 Å². The van der Waals surface area contributed by atoms with Crippen molar-refractivity contribution in [3.8, 4) is 0 Å². The second kappa shape index (κ2) is 12.1. The third-order valence-corrected chi connectivity index (χ3v) is 8.50. The molecule has 1 amide bonds. The first kappa shape index (κ1) is 26.5. The Morgan fingerprint density at radius 2 is 1.56 bits per heavy atom. The summed E-state index contributed by atoms with van der Waals surface area (Å²) in [5.41, 5.74) is 2.49. The molecule has 6 nitrogen and oxygen atoms in total. The zero-order valence-electron chi connectivity index (χ0n) is 19.9. The Hall–Kier alpha value is -2.58. The number of likely N-dealkylation sites (tertiary alicyclic amines) is 1. The monoisotopic (exact) mass is 545 g/mol. The van der Waals surface area contributed by atoms with Crippen molar-refractivity contribution >= 4 is 44.8 Å². The van der Waals surface area contributed by atoms with E-state index < -0.39 is 15.9 Å². The number of sulfonamides is 1. The normalized spacial score (nSPS) is 14.4. The van der Waals surface area contributed by atoms with E-state index in [1.54, 1.807) is 18.2 Å². The van der Waals surface area contributed by atoms with Gasteiger partial charge >= 0.3 is 0 Å². The van der Waals surface area contributed by atoms with Crippen LogP contribution in [0.3, 0.4) is 0 Å². The van der Waals surface area contributed by atoms with E-state index >= 15 is 0 Å². The second-order valence-electron chi connectivity index (χ2n) is 8.83. The molecule has 0 radical (unpaired) electrons. The number of hydrogen-bond donors (Lipinski definition) is 1. The first-order chi connectivity index (χ1) is 17.3. The van der Waals surface area contributed by atoms with Crippen LogP contribution in [-0.2, 0) is 27.9 Å². The highest BCUT2D eigenvalue weighted by molar-refractivity contribution is 7.92. The Morgan fingerprint density at radius 1 is 0.861 bits per heavy atom. The molecule has 1 heterocycles. The minimum absolute atomic E-state index is 0.0338. The van der Waals surface area contributed by atoms with Gasteiger partial charge in [-0.1, -0.05) is 60.0 Å². The lowest BCUT2D eigenvalue weighted by molar-refractivity contribution is -0.119. The summed E-state index contributed by atoms with van der Waals surface area (Å²) in [5, 5.41) is 3.70. The summed E-state index contributed by atoms with van der Waals surface area (Å²) in [6.45, 7) is 2.92. The number of anilines is 1. The predicted molar refractivity (Wildman–Crippen MR) is 145 cm³/mol. The number of nitrogens with zero attached hydrogens (tertiary/aromatic N) is 2. The van der Waals surface area contributed by atoms with Crippen LogP contribution in [0.1, 0.15) is 30.4 Å². The fourth-order valence-electron chi connectivity index (χ4n) is 4.30. The molecular weight excluding hydrogens is 517 g/mol. The quantitative estimate of drug-likeness (QED) is 0.386. The smallest absolute Gasteiger partial charge is 0.264 e. The van der Waals surface area contributed by atoms with Gasteiger partial charge in [0.15, 0.2) is 0 Å². The van der Waals surface area contributed by atoms with Crippen molar-refractivity contribution in [2.45, 2.75) is 37.2 Å². The second-order valence-corrected chi connectivity index (χ2v) is 11.6. The molecular formula is C27H29Cl2N3O3S. The van der Waals surface area contributed by atoms with Crippen LogP contribution in [0.4, 0.5) is 5.69 Å². The van der Waals surface area contributed by atoms with Gasteiger partial charge in [0.25, 0.3) is 10.0 Å². The average molecular weight is 547 g/mol. The number of halogens is 2. The summed E-state index contributed by atoms with van der Waals surface area (Å²) in [7, 11) is -4.04. The molecule has 0 aliphatic carbocycles. The van der Waals surface area contributed by atoms with E-state index in [2.05, 4.69) is 16.3 Å². The molecule has 1 aliphatic heterocycles. The van der Waals surface area contributed by atoms with Crippen molar-refractivity contribution in [2.24, 2.45) is 0 Å². The number of amides is 1. The molecule has 0 bridgehead atoms. The van der Waals surface area contributed by atoms with Gasteiger partial charge in [-0.15, -0.1) is 0 Å². The van der Waals surface area contributed by atoms with Gasteiger partial charge in [0.2, 0.25) is 5.91 Å². The van der Waals surface area contributed by atoms with Crippen LogP contribution in [0.2, 0.25) is 10.0 Å². The lowest BCUT2D eigenvalue weighted by atomic mass is 10.0. The summed E-state index contributed by atoms with van der Waals surface area (Å²) >= 11 is 12.1. The van der Waals surface area contributed by atoms with Gasteiger partial charge in [0, 0.05) is 23.1 Å². The van der Waals surface area contributed by atoms with Gasteiger partial charge in [-0.3, -0.25) is 14.0 Å². The van der Waals surface area contributed by atoms with Crippen LogP contribution in [0.25, 0.3) is 0 Å². The maximum Gasteiger partial charge on any atom is 0.264 e. The number of benzene rings is 3. The largest absolute Gasteiger partial charge is 0.350 e. The van der Waals surface area contributed by atoms with Crippen LogP contribution in [0.5, 0.6) is 0 Å². The number of hydrogen-bond acceptors (Lipinski definition) is 4. The Balaban J connectivity index is 1.50. The zero-order valence-corrected chi connectivity index (χ0v) is 22.2. The third kappa shape index (κ3) is 6.79. The van der Waals surface area contributed by atoms with E-state index in [4.69, 9.17) is 23.2 Å². The molecule has 3 aromatic rings. The predicted octanol–water partition coefficient (Wildman–Crippen LogP) is 5.49. The fraction of sp³-hybridized carbons (Fsp3) is 0.296. The van der Waals surface area contributed by atoms with Crippen LogP contribution < -0.4 is 9.62 Å². The lowest BCUT2D eigenvalue weighted by Gasteiger charge is -2.27. The topological polar surface area (TPSA) is 69.7 Å². The molecule has 36 heavy (non-hydrogen) atoms. The molecule has 0 unspecified atom stereocenters. The molecule has 190 valence electrons. The molecule has 4 rings (SSSR count). The van der Waals surface area contributed by atoms with Crippen molar-refractivity contribution in [3.63, 3.8) is 0 Å². The summed E-state index contributed by atoms with van der Waals surface area (Å²) in [4.78, 5) is 15.5. The van der Waals surface area contributed by atoms with Crippen molar-refractivity contribution < 1.29 is 13.2 Å². The average Bonchev–Trinajstić information content (AvgIpc) is 2.87. The van der Waals surface area contributed by atoms with Crippen molar-refractivity contribution in [3.05, 3.63) is 94.0 Å². The van der Waals surface area contributed by atoms with Crippen LogP contribution in [-0.4, -0.2) is 38.9 Å². The number of nitrogens with one attached hydrogen (secondary N) is 1. The first-order valence-corrected chi connectivity index (χ1v) is 14.1. The highest BCUT2D eigenvalue weighted by atomic mass is 35.5. The highest BCUT2D eigenvalue weighted by Gasteiger charge is 2.27. The standard InChI is InChI=1S/C27H29Cl2N3O3S/c28-23-11-13-26(14-12-23)36(34,35)32(25-10-6-9-24(29)17-25)20-27(33)30-18-21-7-2-3-8-22(21)19-31-15-4-1-5-16-31/h2-3,6-14,17H,1,4-5,15-16,18-20H2,(H,30,33).